The molecule has 0 amide bonds. The van der Waals surface area contributed by atoms with Gasteiger partial charge in [-0.1, -0.05) is 17.9 Å². The van der Waals surface area contributed by atoms with E-state index in [-0.39, 0.29) is 35.2 Å². The lowest BCUT2D eigenvalue weighted by Crippen LogP contribution is -2.24. The highest BCUT2D eigenvalue weighted by Gasteiger charge is 2.26. The molecule has 0 bridgehead atoms. The maximum atomic E-state index is 14.2. The van der Waals surface area contributed by atoms with Crippen LogP contribution < -0.4 is 9.47 Å². The van der Waals surface area contributed by atoms with Crippen LogP contribution in [0.2, 0.25) is 0 Å². The third-order valence-corrected chi connectivity index (χ3v) is 4.65. The Morgan fingerprint density at radius 3 is 2.11 bits per heavy atom. The second kappa shape index (κ2) is 8.53. The smallest absolute Gasteiger partial charge is 0.201 e. The Morgan fingerprint density at radius 1 is 0.857 bits per heavy atom. The fraction of sp³-hybridized carbons (Fsp3) is 0.333. The normalized spacial score (nSPS) is 18.9. The molecule has 0 spiro atoms. The van der Waals surface area contributed by atoms with Gasteiger partial charge in [-0.3, -0.25) is 0 Å². The first kappa shape index (κ1) is 20.0. The molecule has 2 aromatic rings. The van der Waals surface area contributed by atoms with Gasteiger partial charge in [0.1, 0.15) is 6.10 Å². The molecule has 2 aromatic carbocycles. The Morgan fingerprint density at radius 2 is 1.50 bits per heavy atom. The quantitative estimate of drug-likeness (QED) is 0.564. The van der Waals surface area contributed by atoms with Crippen molar-refractivity contribution in [1.29, 1.82) is 0 Å². The van der Waals surface area contributed by atoms with Crippen molar-refractivity contribution in [2.24, 2.45) is 0 Å². The van der Waals surface area contributed by atoms with Gasteiger partial charge in [0.15, 0.2) is 23.1 Å². The fourth-order valence-electron chi connectivity index (χ4n) is 3.07. The minimum Gasteiger partial charge on any atom is -0.494 e. The first-order valence-corrected chi connectivity index (χ1v) is 8.63. The first-order valence-electron chi connectivity index (χ1n) is 8.63. The average molecular weight is 394 g/mol. The number of halogens is 4. The van der Waals surface area contributed by atoms with Gasteiger partial charge in [0, 0.05) is 5.92 Å². The maximum absolute atomic E-state index is 14.2. The summed E-state index contributed by atoms with van der Waals surface area (Å²) in [6.07, 6.45) is 0.457. The monoisotopic (exact) mass is 394 g/mol. The van der Waals surface area contributed by atoms with Crippen molar-refractivity contribution in [2.75, 3.05) is 20.8 Å². The molecule has 1 aliphatic rings. The maximum Gasteiger partial charge on any atom is 0.201 e. The van der Waals surface area contributed by atoms with Crippen LogP contribution in [0.3, 0.4) is 0 Å². The molecule has 2 atom stereocenters. The number of ether oxygens (including phenoxy) is 3. The molecular formula is C21H18F4O3. The Labute approximate surface area is 160 Å². The van der Waals surface area contributed by atoms with Gasteiger partial charge in [-0.15, -0.1) is 0 Å². The second-order valence-electron chi connectivity index (χ2n) is 6.29. The number of hydrogen-bond donors (Lipinski definition) is 0. The molecule has 1 aliphatic heterocycles. The molecule has 0 aromatic heterocycles. The summed E-state index contributed by atoms with van der Waals surface area (Å²) in [5.74, 6) is 0.471. The van der Waals surface area contributed by atoms with Crippen LogP contribution in [0.25, 0.3) is 0 Å². The molecule has 0 N–H and O–H groups in total. The molecule has 3 rings (SSSR count). The highest BCUT2D eigenvalue weighted by molar-refractivity contribution is 5.41. The fourth-order valence-corrected chi connectivity index (χ4v) is 3.07. The van der Waals surface area contributed by atoms with Gasteiger partial charge in [0.25, 0.3) is 0 Å². The van der Waals surface area contributed by atoms with Crippen LogP contribution in [0.4, 0.5) is 17.6 Å². The van der Waals surface area contributed by atoms with E-state index in [0.29, 0.717) is 12.8 Å². The minimum atomic E-state index is -1.10. The van der Waals surface area contributed by atoms with E-state index in [1.807, 2.05) is 0 Å². The summed E-state index contributed by atoms with van der Waals surface area (Å²) >= 11 is 0. The Bertz CT molecular complexity index is 925. The van der Waals surface area contributed by atoms with E-state index in [1.54, 1.807) is 0 Å². The summed E-state index contributed by atoms with van der Waals surface area (Å²) in [5.41, 5.74) is 0.111. The lowest BCUT2D eigenvalue weighted by Gasteiger charge is -2.27. The van der Waals surface area contributed by atoms with Gasteiger partial charge < -0.3 is 14.2 Å². The van der Waals surface area contributed by atoms with Crippen molar-refractivity contribution in [2.45, 2.75) is 24.9 Å². The van der Waals surface area contributed by atoms with Crippen molar-refractivity contribution in [3.63, 3.8) is 0 Å². The highest BCUT2D eigenvalue weighted by Crippen LogP contribution is 2.33. The summed E-state index contributed by atoms with van der Waals surface area (Å²) in [6, 6.07) is 5.47. The van der Waals surface area contributed by atoms with Crippen LogP contribution in [-0.2, 0) is 4.74 Å². The van der Waals surface area contributed by atoms with E-state index in [1.165, 1.54) is 38.5 Å². The summed E-state index contributed by atoms with van der Waals surface area (Å²) in [5, 5.41) is 0. The largest absolute Gasteiger partial charge is 0.494 e. The molecule has 2 unspecified atom stereocenters. The zero-order valence-electron chi connectivity index (χ0n) is 15.3. The van der Waals surface area contributed by atoms with Crippen molar-refractivity contribution < 1.29 is 31.8 Å². The third-order valence-electron chi connectivity index (χ3n) is 4.65. The highest BCUT2D eigenvalue weighted by atomic mass is 19.2. The third kappa shape index (κ3) is 3.92. The molecule has 0 saturated carbocycles. The summed E-state index contributed by atoms with van der Waals surface area (Å²) in [4.78, 5) is 0. The van der Waals surface area contributed by atoms with Gasteiger partial charge >= 0.3 is 0 Å². The van der Waals surface area contributed by atoms with Crippen LogP contribution in [0.15, 0.2) is 24.3 Å². The molecular weight excluding hydrogens is 376 g/mol. The van der Waals surface area contributed by atoms with Gasteiger partial charge in [0.05, 0.1) is 26.4 Å². The SMILES string of the molecule is COc1ccc(C#CC2CCC(c3ccc(OC)c(F)c3F)CO2)c(F)c1F. The first-order chi connectivity index (χ1) is 13.5. The zero-order chi connectivity index (χ0) is 20.3. The Hall–Kier alpha value is -2.72. The van der Waals surface area contributed by atoms with E-state index in [9.17, 15) is 17.6 Å². The molecule has 28 heavy (non-hydrogen) atoms. The number of benzene rings is 2. The molecule has 1 fully saturated rings. The van der Waals surface area contributed by atoms with Crippen LogP contribution in [-0.4, -0.2) is 26.9 Å². The van der Waals surface area contributed by atoms with E-state index in [4.69, 9.17) is 14.2 Å². The van der Waals surface area contributed by atoms with Crippen LogP contribution in [0.1, 0.15) is 29.9 Å². The number of methoxy groups -OCH3 is 2. The van der Waals surface area contributed by atoms with Gasteiger partial charge in [-0.25, -0.2) is 8.78 Å². The Balaban J connectivity index is 1.68. The van der Waals surface area contributed by atoms with E-state index in [2.05, 4.69) is 11.8 Å². The van der Waals surface area contributed by atoms with Crippen LogP contribution >= 0.6 is 0 Å². The average Bonchev–Trinajstić information content (AvgIpc) is 2.72. The summed E-state index contributed by atoms with van der Waals surface area (Å²) < 4.78 is 70.8. The van der Waals surface area contributed by atoms with Crippen molar-refractivity contribution in [3.8, 4) is 23.3 Å². The second-order valence-corrected chi connectivity index (χ2v) is 6.29. The minimum absolute atomic E-state index is 0.104. The molecule has 0 aliphatic carbocycles. The molecule has 148 valence electrons. The van der Waals surface area contributed by atoms with Crippen molar-refractivity contribution >= 4 is 0 Å². The van der Waals surface area contributed by atoms with Crippen LogP contribution in [0.5, 0.6) is 11.5 Å². The molecule has 0 radical (unpaired) electrons. The summed E-state index contributed by atoms with van der Waals surface area (Å²) in [7, 11) is 2.51. The topological polar surface area (TPSA) is 27.7 Å². The number of rotatable bonds is 3. The van der Waals surface area contributed by atoms with Crippen molar-refractivity contribution in [1.82, 2.24) is 0 Å². The van der Waals surface area contributed by atoms with E-state index in [0.717, 1.165) is 0 Å². The molecule has 3 nitrogen and oxygen atoms in total. The lowest BCUT2D eigenvalue weighted by atomic mass is 9.91. The van der Waals surface area contributed by atoms with Crippen molar-refractivity contribution in [3.05, 3.63) is 58.7 Å². The van der Waals surface area contributed by atoms with Gasteiger partial charge in [-0.05, 0) is 36.6 Å². The summed E-state index contributed by atoms with van der Waals surface area (Å²) in [6.45, 7) is 0.140. The molecule has 7 heteroatoms. The predicted molar refractivity (Wildman–Crippen MR) is 94.4 cm³/mol. The Kier molecular flexibility index (Phi) is 6.10. The van der Waals surface area contributed by atoms with E-state index < -0.39 is 29.4 Å². The standard InChI is InChI=1S/C21H18F4O3/c1-26-16-9-5-12(18(22)20(16)24)3-6-14-7-4-13(11-28-14)15-8-10-17(27-2)21(25)19(15)23/h5,8-10,13-14H,4,7,11H2,1-2H3. The van der Waals surface area contributed by atoms with Crippen LogP contribution in [0, 0.1) is 35.1 Å². The predicted octanol–water partition coefficient (Wildman–Crippen LogP) is 4.57. The van der Waals surface area contributed by atoms with E-state index >= 15 is 0 Å². The molecule has 1 heterocycles. The molecule has 1 saturated heterocycles. The lowest BCUT2D eigenvalue weighted by molar-refractivity contribution is 0.0374. The van der Waals surface area contributed by atoms with Gasteiger partial charge in [-0.2, -0.15) is 8.78 Å². The van der Waals surface area contributed by atoms with Gasteiger partial charge in [0.2, 0.25) is 11.6 Å². The zero-order valence-corrected chi connectivity index (χ0v) is 15.3. The number of hydrogen-bond acceptors (Lipinski definition) is 3.